The molecule has 4 rings (SSSR count). The molecule has 136 valence electrons. The molecule has 1 aliphatic heterocycles. The Bertz CT molecular complexity index is 875. The van der Waals surface area contributed by atoms with E-state index in [1.54, 1.807) is 0 Å². The van der Waals surface area contributed by atoms with E-state index in [-0.39, 0.29) is 0 Å². The monoisotopic (exact) mass is 366 g/mol. The molecule has 0 unspecified atom stereocenters. The molecule has 1 saturated heterocycles. The average molecular weight is 367 g/mol. The van der Waals surface area contributed by atoms with Crippen LogP contribution < -0.4 is 10.2 Å². The summed E-state index contributed by atoms with van der Waals surface area (Å²) >= 11 is 1.83. The molecule has 0 aliphatic carbocycles. The second-order valence-electron chi connectivity index (χ2n) is 7.20. The van der Waals surface area contributed by atoms with Crippen LogP contribution in [0.2, 0.25) is 0 Å². The largest absolute Gasteiger partial charge is 0.341 e. The van der Waals surface area contributed by atoms with Crippen LogP contribution in [0.5, 0.6) is 0 Å². The quantitative estimate of drug-likeness (QED) is 0.740. The summed E-state index contributed by atoms with van der Waals surface area (Å²) in [4.78, 5) is 13.4. The zero-order valence-electron chi connectivity index (χ0n) is 15.5. The van der Waals surface area contributed by atoms with Crippen molar-refractivity contribution >= 4 is 28.2 Å². The number of aromatic nitrogens is 2. The number of aryl methyl sites for hydroxylation is 2. The second kappa shape index (κ2) is 7.72. The molecular formula is C21H26N4S. The van der Waals surface area contributed by atoms with E-state index >= 15 is 0 Å². The van der Waals surface area contributed by atoms with Gasteiger partial charge >= 0.3 is 0 Å². The molecule has 0 amide bonds. The first-order valence-electron chi connectivity index (χ1n) is 9.45. The zero-order chi connectivity index (χ0) is 17.9. The topological polar surface area (TPSA) is 41.1 Å². The number of nitrogens with one attached hydrogen (secondary N) is 1. The highest BCUT2D eigenvalue weighted by atomic mass is 32.1. The molecule has 1 aromatic carbocycles. The van der Waals surface area contributed by atoms with Crippen molar-refractivity contribution in [1.82, 2.24) is 15.3 Å². The van der Waals surface area contributed by atoms with Gasteiger partial charge in [-0.25, -0.2) is 9.97 Å². The standard InChI is InChI=1S/C21H26N4S/c1-15-7-8-19-16(2)23-21(24-20(19)13-15)25-10-3-5-17(9-11-25)22-14-18-6-4-12-26-18/h4,6-8,12-13,17,22H,3,5,9-11,14H2,1-2H3/t17-/m1/s1. The number of thiophene rings is 1. The van der Waals surface area contributed by atoms with Gasteiger partial charge in [0.2, 0.25) is 5.95 Å². The van der Waals surface area contributed by atoms with E-state index in [1.165, 1.54) is 23.3 Å². The Kier molecular flexibility index (Phi) is 5.18. The second-order valence-corrected chi connectivity index (χ2v) is 8.24. The van der Waals surface area contributed by atoms with Gasteiger partial charge in [0.05, 0.1) is 11.2 Å². The predicted octanol–water partition coefficient (Wildman–Crippen LogP) is 4.46. The molecule has 3 aromatic rings. The van der Waals surface area contributed by atoms with E-state index in [2.05, 4.69) is 59.8 Å². The molecule has 0 spiro atoms. The first-order valence-corrected chi connectivity index (χ1v) is 10.3. The maximum absolute atomic E-state index is 4.87. The van der Waals surface area contributed by atoms with E-state index in [4.69, 9.17) is 9.97 Å². The molecule has 4 nitrogen and oxygen atoms in total. The van der Waals surface area contributed by atoms with Crippen LogP contribution >= 0.6 is 11.3 Å². The van der Waals surface area contributed by atoms with Gasteiger partial charge in [-0.2, -0.15) is 0 Å². The van der Waals surface area contributed by atoms with Crippen molar-refractivity contribution in [2.24, 2.45) is 0 Å². The molecule has 2 aromatic heterocycles. The lowest BCUT2D eigenvalue weighted by Crippen LogP contribution is -2.31. The van der Waals surface area contributed by atoms with E-state index in [0.29, 0.717) is 6.04 Å². The minimum Gasteiger partial charge on any atom is -0.341 e. The van der Waals surface area contributed by atoms with E-state index in [0.717, 1.165) is 48.6 Å². The van der Waals surface area contributed by atoms with Gasteiger partial charge in [0.25, 0.3) is 0 Å². The molecule has 1 fully saturated rings. The fraction of sp³-hybridized carbons (Fsp3) is 0.429. The molecule has 0 saturated carbocycles. The number of anilines is 1. The van der Waals surface area contributed by atoms with E-state index in [1.807, 2.05) is 11.3 Å². The summed E-state index contributed by atoms with van der Waals surface area (Å²) in [5.41, 5.74) is 3.38. The lowest BCUT2D eigenvalue weighted by atomic mass is 10.1. The van der Waals surface area contributed by atoms with Crippen molar-refractivity contribution in [2.45, 2.75) is 45.7 Å². The lowest BCUT2D eigenvalue weighted by Gasteiger charge is -2.21. The minimum absolute atomic E-state index is 0.575. The fourth-order valence-electron chi connectivity index (χ4n) is 3.68. The molecule has 5 heteroatoms. The Hall–Kier alpha value is -1.98. The van der Waals surface area contributed by atoms with Gasteiger partial charge in [0.1, 0.15) is 0 Å². The van der Waals surface area contributed by atoms with Gasteiger partial charge in [-0.3, -0.25) is 0 Å². The summed E-state index contributed by atoms with van der Waals surface area (Å²) in [5.74, 6) is 0.888. The van der Waals surface area contributed by atoms with Crippen LogP contribution in [0.1, 0.15) is 35.4 Å². The number of fused-ring (bicyclic) bond motifs is 1. The Balaban J connectivity index is 1.46. The molecule has 0 radical (unpaired) electrons. The third kappa shape index (κ3) is 3.89. The average Bonchev–Trinajstić information content (AvgIpc) is 3.03. The number of benzene rings is 1. The molecule has 1 atom stereocenters. The van der Waals surface area contributed by atoms with Gasteiger partial charge in [0.15, 0.2) is 0 Å². The predicted molar refractivity (Wildman–Crippen MR) is 110 cm³/mol. The summed E-state index contributed by atoms with van der Waals surface area (Å²) in [5, 5.41) is 7.03. The van der Waals surface area contributed by atoms with Gasteiger partial charge in [-0.05, 0) is 56.2 Å². The molecule has 0 bridgehead atoms. The summed E-state index contributed by atoms with van der Waals surface area (Å²) < 4.78 is 0. The van der Waals surface area contributed by atoms with E-state index in [9.17, 15) is 0 Å². The number of nitrogens with zero attached hydrogens (tertiary/aromatic N) is 3. The molecule has 1 N–H and O–H groups in total. The summed E-state index contributed by atoms with van der Waals surface area (Å²) in [6, 6.07) is 11.3. The first-order chi connectivity index (χ1) is 12.7. The minimum atomic E-state index is 0.575. The van der Waals surface area contributed by atoms with Crippen molar-refractivity contribution in [3.8, 4) is 0 Å². The summed E-state index contributed by atoms with van der Waals surface area (Å²) in [6.07, 6.45) is 3.53. The zero-order valence-corrected chi connectivity index (χ0v) is 16.4. The Morgan fingerprint density at radius 1 is 1.15 bits per heavy atom. The lowest BCUT2D eigenvalue weighted by molar-refractivity contribution is 0.472. The molecular weight excluding hydrogens is 340 g/mol. The Labute approximate surface area is 159 Å². The number of hydrogen-bond acceptors (Lipinski definition) is 5. The van der Waals surface area contributed by atoms with Crippen LogP contribution in [-0.4, -0.2) is 29.1 Å². The van der Waals surface area contributed by atoms with Crippen LogP contribution in [0.25, 0.3) is 10.9 Å². The van der Waals surface area contributed by atoms with Crippen molar-refractivity contribution in [2.75, 3.05) is 18.0 Å². The highest BCUT2D eigenvalue weighted by Crippen LogP contribution is 2.22. The maximum atomic E-state index is 4.87. The Morgan fingerprint density at radius 3 is 2.92 bits per heavy atom. The Morgan fingerprint density at radius 2 is 2.08 bits per heavy atom. The van der Waals surface area contributed by atoms with Crippen molar-refractivity contribution in [1.29, 1.82) is 0 Å². The number of hydrogen-bond donors (Lipinski definition) is 1. The smallest absolute Gasteiger partial charge is 0.226 e. The summed E-state index contributed by atoms with van der Waals surface area (Å²) in [7, 11) is 0. The third-order valence-electron chi connectivity index (χ3n) is 5.19. The SMILES string of the molecule is Cc1ccc2c(C)nc(N3CCC[C@@H](NCc4cccs4)CC3)nc2c1. The highest BCUT2D eigenvalue weighted by molar-refractivity contribution is 7.09. The van der Waals surface area contributed by atoms with E-state index < -0.39 is 0 Å². The van der Waals surface area contributed by atoms with Crippen molar-refractivity contribution in [3.05, 3.63) is 51.8 Å². The van der Waals surface area contributed by atoms with Gasteiger partial charge in [0, 0.05) is 35.9 Å². The van der Waals surface area contributed by atoms with Gasteiger partial charge in [-0.15, -0.1) is 11.3 Å². The third-order valence-corrected chi connectivity index (χ3v) is 6.06. The molecule has 3 heterocycles. The molecule has 1 aliphatic rings. The fourth-order valence-corrected chi connectivity index (χ4v) is 4.34. The van der Waals surface area contributed by atoms with Crippen LogP contribution in [0.4, 0.5) is 5.95 Å². The van der Waals surface area contributed by atoms with Gasteiger partial charge < -0.3 is 10.2 Å². The number of rotatable bonds is 4. The molecule has 26 heavy (non-hydrogen) atoms. The van der Waals surface area contributed by atoms with Crippen LogP contribution in [-0.2, 0) is 6.54 Å². The summed E-state index contributed by atoms with van der Waals surface area (Å²) in [6.45, 7) is 7.23. The maximum Gasteiger partial charge on any atom is 0.226 e. The van der Waals surface area contributed by atoms with Crippen LogP contribution in [0.3, 0.4) is 0 Å². The van der Waals surface area contributed by atoms with Crippen LogP contribution in [0, 0.1) is 13.8 Å². The highest BCUT2D eigenvalue weighted by Gasteiger charge is 2.19. The van der Waals surface area contributed by atoms with Crippen molar-refractivity contribution < 1.29 is 0 Å². The first kappa shape index (κ1) is 17.4. The normalized spacial score (nSPS) is 18.2. The van der Waals surface area contributed by atoms with Crippen LogP contribution in [0.15, 0.2) is 35.7 Å². The van der Waals surface area contributed by atoms with Gasteiger partial charge in [-0.1, -0.05) is 18.2 Å². The van der Waals surface area contributed by atoms with Crippen molar-refractivity contribution in [3.63, 3.8) is 0 Å².